The molecule has 0 bridgehead atoms. The van der Waals surface area contributed by atoms with Crippen molar-refractivity contribution in [2.24, 2.45) is 0 Å². The van der Waals surface area contributed by atoms with Gasteiger partial charge in [-0.1, -0.05) is 86.7 Å². The molecular weight excluding hydrogens is 662 g/mol. The van der Waals surface area contributed by atoms with Gasteiger partial charge in [-0.2, -0.15) is 41.5 Å². The number of halogens is 2. The maximum Gasteiger partial charge on any atom is 0.0477 e. The molecule has 5 aromatic rings. The van der Waals surface area contributed by atoms with Crippen molar-refractivity contribution in [3.05, 3.63) is 122 Å². The fraction of sp³-hybridized carbons (Fsp3) is 0.219. The van der Waals surface area contributed by atoms with Gasteiger partial charge in [0.2, 0.25) is 0 Å². The number of unbranched alkanes of at least 4 members (excludes halogenated alkanes) is 5. The van der Waals surface area contributed by atoms with Crippen LogP contribution in [-0.4, -0.2) is 10.2 Å². The zero-order valence-electron chi connectivity index (χ0n) is 21.4. The van der Waals surface area contributed by atoms with Crippen molar-refractivity contribution in [1.29, 1.82) is 0 Å². The molecule has 0 heterocycles. The van der Waals surface area contributed by atoms with Gasteiger partial charge in [0.25, 0.3) is 0 Å². The third-order valence-corrected chi connectivity index (χ3v) is 5.76. The molecular formula is C32H40Cl2HfSi-3. The van der Waals surface area contributed by atoms with Crippen molar-refractivity contribution in [3.8, 4) is 0 Å². The van der Waals surface area contributed by atoms with Gasteiger partial charge < -0.3 is 6.92 Å². The molecule has 0 aliphatic rings. The predicted octanol–water partition coefficient (Wildman–Crippen LogP) is 9.08. The van der Waals surface area contributed by atoms with E-state index in [1.54, 1.807) is 0 Å². The van der Waals surface area contributed by atoms with Crippen molar-refractivity contribution in [3.63, 3.8) is 0 Å². The van der Waals surface area contributed by atoms with E-state index in [1.807, 2.05) is 28.4 Å². The Morgan fingerprint density at radius 2 is 1.06 bits per heavy atom. The predicted molar refractivity (Wildman–Crippen MR) is 167 cm³/mol. The summed E-state index contributed by atoms with van der Waals surface area (Å²) in [6, 6.07) is 39.6. The standard InChI is InChI=1S/2C9H7.C8H17.C6H7Si.2ClH.Hf/c2*1-2-5-9-7-3-6-8(9)4-1;1-3-5-7-8-6-4-2;7-6-4-2-1-3-5-6;;;/h2*1-7H;1,3-8H2,2H3;1-5H,7H2;2*1H;/q3*-1;;;;. The van der Waals surface area contributed by atoms with Gasteiger partial charge in [0.15, 0.2) is 0 Å². The summed E-state index contributed by atoms with van der Waals surface area (Å²) >= 11 is 0. The minimum atomic E-state index is 0. The van der Waals surface area contributed by atoms with Crippen molar-refractivity contribution in [2.75, 3.05) is 0 Å². The normalized spacial score (nSPS) is 8.97. The molecule has 0 saturated heterocycles. The summed E-state index contributed by atoms with van der Waals surface area (Å²) in [6.45, 7) is 6.02. The van der Waals surface area contributed by atoms with Crippen LogP contribution in [0.3, 0.4) is 0 Å². The molecule has 5 aromatic carbocycles. The topological polar surface area (TPSA) is 0 Å². The molecule has 0 aliphatic carbocycles. The smallest absolute Gasteiger partial charge is 0.0477 e. The van der Waals surface area contributed by atoms with Crippen LogP contribution in [0.5, 0.6) is 0 Å². The van der Waals surface area contributed by atoms with E-state index in [0.717, 1.165) is 6.42 Å². The molecule has 36 heavy (non-hydrogen) atoms. The van der Waals surface area contributed by atoms with Crippen LogP contribution in [0.2, 0.25) is 0 Å². The number of fused-ring (bicyclic) bond motifs is 2. The van der Waals surface area contributed by atoms with Gasteiger partial charge in [0.05, 0.1) is 0 Å². The number of rotatable bonds is 5. The summed E-state index contributed by atoms with van der Waals surface area (Å²) in [7, 11) is 1.90. The Morgan fingerprint density at radius 1 is 0.611 bits per heavy atom. The fourth-order valence-electron chi connectivity index (χ4n) is 3.40. The third-order valence-electron chi connectivity index (χ3n) is 5.29. The summed E-state index contributed by atoms with van der Waals surface area (Å²) < 4.78 is 0. The molecule has 0 amide bonds. The zero-order chi connectivity index (χ0) is 23.6. The largest absolute Gasteiger partial charge is 0.343 e. The van der Waals surface area contributed by atoms with Crippen molar-refractivity contribution >= 4 is 61.8 Å². The second-order valence-electron chi connectivity index (χ2n) is 8.06. The van der Waals surface area contributed by atoms with Crippen LogP contribution < -0.4 is 5.19 Å². The summed E-state index contributed by atoms with van der Waals surface area (Å²) in [5, 5.41) is 6.67. The molecule has 1 radical (unpaired) electrons. The zero-order valence-corrected chi connectivity index (χ0v) is 28.1. The van der Waals surface area contributed by atoms with Crippen molar-refractivity contribution in [2.45, 2.75) is 45.4 Å². The Bertz CT molecular complexity index is 986. The third kappa shape index (κ3) is 15.6. The Morgan fingerprint density at radius 3 is 1.44 bits per heavy atom. The Kier molecular flexibility index (Phi) is 24.4. The van der Waals surface area contributed by atoms with Crippen molar-refractivity contribution < 1.29 is 25.8 Å². The van der Waals surface area contributed by atoms with Gasteiger partial charge in [-0.25, -0.2) is 0 Å². The van der Waals surface area contributed by atoms with Crippen LogP contribution in [-0.2, 0) is 25.8 Å². The van der Waals surface area contributed by atoms with E-state index in [1.165, 1.54) is 58.8 Å². The summed E-state index contributed by atoms with van der Waals surface area (Å²) in [4.78, 5) is 0. The molecule has 0 nitrogen and oxygen atoms in total. The molecule has 0 aromatic heterocycles. The van der Waals surface area contributed by atoms with Gasteiger partial charge in [0, 0.05) is 36.1 Å². The van der Waals surface area contributed by atoms with E-state index in [0.29, 0.717) is 0 Å². The average Bonchev–Trinajstić information content (AvgIpc) is 3.53. The molecule has 0 N–H and O–H groups in total. The Hall–Kier alpha value is -1.45. The van der Waals surface area contributed by atoms with Crippen LogP contribution in [0.1, 0.15) is 45.4 Å². The number of hydrogen-bond donors (Lipinski definition) is 0. The van der Waals surface area contributed by atoms with Crippen LogP contribution in [0, 0.1) is 6.92 Å². The van der Waals surface area contributed by atoms with E-state index in [2.05, 4.69) is 111 Å². The van der Waals surface area contributed by atoms with Gasteiger partial charge in [0.1, 0.15) is 0 Å². The van der Waals surface area contributed by atoms with Crippen LogP contribution in [0.4, 0.5) is 0 Å². The molecule has 5 rings (SSSR count). The Labute approximate surface area is 253 Å². The first-order valence-corrected chi connectivity index (χ1v) is 12.8. The minimum Gasteiger partial charge on any atom is -0.343 e. The Balaban J connectivity index is 0. The first kappa shape index (κ1) is 36.7. The summed E-state index contributed by atoms with van der Waals surface area (Å²) in [5.74, 6) is 0. The monoisotopic (exact) mass is 702 g/mol. The first-order valence-electron chi connectivity index (χ1n) is 12.1. The van der Waals surface area contributed by atoms with E-state index in [-0.39, 0.29) is 50.7 Å². The molecule has 0 saturated carbocycles. The molecule has 0 atom stereocenters. The van der Waals surface area contributed by atoms with Gasteiger partial charge in [-0.15, -0.1) is 84.1 Å². The molecule has 4 heteroatoms. The molecule has 0 fully saturated rings. The average molecular weight is 702 g/mol. The van der Waals surface area contributed by atoms with Gasteiger partial charge >= 0.3 is 0 Å². The number of benzene rings is 3. The van der Waals surface area contributed by atoms with Crippen molar-refractivity contribution in [1.82, 2.24) is 0 Å². The second kappa shape index (κ2) is 23.9. The quantitative estimate of drug-likeness (QED) is 0.0975. The van der Waals surface area contributed by atoms with E-state index in [9.17, 15) is 0 Å². The molecule has 0 unspecified atom stereocenters. The maximum atomic E-state index is 3.78. The van der Waals surface area contributed by atoms with E-state index >= 15 is 0 Å². The SMILES string of the molecule is Cl.Cl.[CH2-]CCCCCCC.[Hf].[SiH2]c1ccccc1.c1ccc2[cH-]ccc2c1.c1ccc2[cH-]ccc2c1. The molecule has 0 aliphatic heterocycles. The van der Waals surface area contributed by atoms with Crippen LogP contribution in [0.25, 0.3) is 21.5 Å². The fourth-order valence-corrected chi connectivity index (χ4v) is 3.67. The van der Waals surface area contributed by atoms with E-state index < -0.39 is 0 Å². The van der Waals surface area contributed by atoms with Crippen LogP contribution in [0.15, 0.2) is 115 Å². The minimum absolute atomic E-state index is 0. The van der Waals surface area contributed by atoms with Gasteiger partial charge in [-0.3, -0.25) is 0 Å². The number of hydrogen-bond acceptors (Lipinski definition) is 0. The van der Waals surface area contributed by atoms with Gasteiger partial charge in [-0.05, 0) is 0 Å². The molecule has 0 spiro atoms. The maximum absolute atomic E-state index is 3.78. The first-order chi connectivity index (χ1) is 16.2. The molecule has 193 valence electrons. The second-order valence-corrected chi connectivity index (χ2v) is 8.88. The summed E-state index contributed by atoms with van der Waals surface area (Å²) in [5.41, 5.74) is 0. The van der Waals surface area contributed by atoms with E-state index in [4.69, 9.17) is 0 Å². The summed E-state index contributed by atoms with van der Waals surface area (Å²) in [6.07, 6.45) is 7.98. The van der Waals surface area contributed by atoms with Crippen LogP contribution >= 0.6 is 24.8 Å².